The molecule has 0 aromatic rings. The number of hydrogen-bond donors (Lipinski definition) is 3. The Morgan fingerprint density at radius 3 is 2.32 bits per heavy atom. The molecule has 1 saturated carbocycles. The number of carbonyl (C=O) groups excluding carboxylic acids is 5. The molecule has 2 saturated heterocycles. The van der Waals surface area contributed by atoms with Crippen molar-refractivity contribution in [3.63, 3.8) is 0 Å². The van der Waals surface area contributed by atoms with E-state index in [1.165, 1.54) is 11.0 Å². The number of esters is 1. The van der Waals surface area contributed by atoms with Crippen LogP contribution in [0.4, 0.5) is 0 Å². The lowest BCUT2D eigenvalue weighted by atomic mass is 9.78. The second kappa shape index (κ2) is 25.4. The van der Waals surface area contributed by atoms with Gasteiger partial charge in [0.25, 0.3) is 11.7 Å². The van der Waals surface area contributed by atoms with Gasteiger partial charge >= 0.3 is 5.97 Å². The Labute approximate surface area is 390 Å². The molecule has 4 aliphatic rings. The van der Waals surface area contributed by atoms with Gasteiger partial charge in [-0.1, -0.05) is 76.2 Å². The van der Waals surface area contributed by atoms with Crippen LogP contribution in [0.1, 0.15) is 126 Å². The molecular formula is C50H76N4O12. The van der Waals surface area contributed by atoms with Crippen LogP contribution in [-0.2, 0) is 42.9 Å². The number of cyclic esters (lactones) is 1. The minimum Gasteiger partial charge on any atom is -0.460 e. The number of ether oxygens (including phenoxy) is 4. The summed E-state index contributed by atoms with van der Waals surface area (Å²) in [5, 5.41) is 38.0. The summed E-state index contributed by atoms with van der Waals surface area (Å²) in [4.78, 5) is 74.4. The van der Waals surface area contributed by atoms with Crippen LogP contribution in [0, 0.1) is 35.5 Å². The van der Waals surface area contributed by atoms with E-state index in [4.69, 9.17) is 24.5 Å². The molecule has 368 valence electrons. The molecule has 4 rings (SSSR count). The molecule has 0 spiro atoms. The number of piperidine rings is 1. The van der Waals surface area contributed by atoms with Gasteiger partial charge in [-0.15, -0.1) is 0 Å². The third-order valence-corrected chi connectivity index (χ3v) is 14.4. The minimum absolute atomic E-state index is 0.0430. The number of aliphatic hydroxyl groups is 3. The second-order valence-corrected chi connectivity index (χ2v) is 19.6. The van der Waals surface area contributed by atoms with Crippen LogP contribution in [-0.4, -0.2) is 125 Å². The topological polar surface area (TPSA) is 235 Å². The average molecular weight is 925 g/mol. The highest BCUT2D eigenvalue weighted by Gasteiger charge is 2.53. The van der Waals surface area contributed by atoms with E-state index in [1.54, 1.807) is 41.9 Å². The molecule has 66 heavy (non-hydrogen) atoms. The van der Waals surface area contributed by atoms with E-state index < -0.39 is 83.5 Å². The van der Waals surface area contributed by atoms with E-state index in [2.05, 4.69) is 10.0 Å². The first kappa shape index (κ1) is 54.6. The molecule has 3 aliphatic heterocycles. The summed E-state index contributed by atoms with van der Waals surface area (Å²) in [6.45, 7) is 12.3. The van der Waals surface area contributed by atoms with Crippen LogP contribution in [0.25, 0.3) is 10.4 Å². The maximum Gasteiger partial charge on any atom is 0.329 e. The van der Waals surface area contributed by atoms with Gasteiger partial charge in [-0.3, -0.25) is 19.2 Å². The fourth-order valence-corrected chi connectivity index (χ4v) is 10.1. The zero-order valence-electron chi connectivity index (χ0n) is 40.5. The van der Waals surface area contributed by atoms with Crippen molar-refractivity contribution in [2.24, 2.45) is 40.6 Å². The molecule has 16 nitrogen and oxygen atoms in total. The van der Waals surface area contributed by atoms with Crippen molar-refractivity contribution < 1.29 is 58.2 Å². The third-order valence-electron chi connectivity index (χ3n) is 14.4. The van der Waals surface area contributed by atoms with E-state index >= 15 is 0 Å². The van der Waals surface area contributed by atoms with Crippen LogP contribution in [0.15, 0.2) is 52.7 Å². The zero-order chi connectivity index (χ0) is 48.9. The summed E-state index contributed by atoms with van der Waals surface area (Å²) < 4.78 is 23.9. The van der Waals surface area contributed by atoms with Gasteiger partial charge in [-0.05, 0) is 112 Å². The summed E-state index contributed by atoms with van der Waals surface area (Å²) in [6, 6.07) is -1.49. The quantitative estimate of drug-likeness (QED) is 0.0620. The van der Waals surface area contributed by atoms with E-state index in [9.17, 15) is 39.3 Å². The Hall–Kier alpha value is -4.02. The van der Waals surface area contributed by atoms with Gasteiger partial charge in [0.15, 0.2) is 5.78 Å². The predicted octanol–water partition coefficient (Wildman–Crippen LogP) is 6.84. The third kappa shape index (κ3) is 14.3. The monoisotopic (exact) mass is 925 g/mol. The molecule has 1 unspecified atom stereocenters. The molecule has 3 heterocycles. The first-order chi connectivity index (χ1) is 31.2. The first-order valence-electron chi connectivity index (χ1n) is 23.9. The Bertz CT molecular complexity index is 1880. The van der Waals surface area contributed by atoms with Crippen molar-refractivity contribution in [3.05, 3.63) is 58.0 Å². The molecule has 16 heteroatoms. The van der Waals surface area contributed by atoms with Crippen LogP contribution >= 0.6 is 0 Å². The Balaban J connectivity index is 1.69. The molecule has 1 aliphatic carbocycles. The van der Waals surface area contributed by atoms with Crippen molar-refractivity contribution in [1.29, 1.82) is 0 Å². The maximum atomic E-state index is 14.4. The SMILES string of the molecule is CO[C@H]1C[C@@H]2CC[C@@H](C)[C@@](O)(O2)C(=O)C(=O)N2CCCC[C@H]2C(=O)O[C@H]([C@H](C)C[C@@H]2CCC(N=[N+]=[N-])[C@H](OC)C2)CC(=O)[C@H](C)/C=C(\C)[C@@H](O)[C@@H](O)C(=O)[C@H](C)C[C@H](C)/C=C/C=C/C=C/1C. The van der Waals surface area contributed by atoms with Gasteiger partial charge in [-0.25, -0.2) is 4.79 Å². The summed E-state index contributed by atoms with van der Waals surface area (Å²) in [5.41, 5.74) is 10.2. The average Bonchev–Trinajstić information content (AvgIpc) is 3.30. The zero-order valence-corrected chi connectivity index (χ0v) is 40.5. The number of amides is 1. The number of nitrogens with zero attached hydrogens (tertiary/aromatic N) is 4. The Kier molecular flexibility index (Phi) is 21.0. The smallest absolute Gasteiger partial charge is 0.329 e. The number of aliphatic hydroxyl groups excluding tert-OH is 2. The number of fused-ring (bicyclic) bond motifs is 3. The van der Waals surface area contributed by atoms with Crippen LogP contribution in [0.3, 0.4) is 0 Å². The summed E-state index contributed by atoms with van der Waals surface area (Å²) in [7, 11) is 3.13. The predicted molar refractivity (Wildman–Crippen MR) is 247 cm³/mol. The normalized spacial score (nSPS) is 39.8. The molecule has 0 aromatic carbocycles. The van der Waals surface area contributed by atoms with Gasteiger partial charge in [-0.2, -0.15) is 0 Å². The number of carbonyl (C=O) groups is 5. The highest BCUT2D eigenvalue weighted by atomic mass is 16.6. The highest BCUT2D eigenvalue weighted by Crippen LogP contribution is 2.38. The molecule has 3 fully saturated rings. The van der Waals surface area contributed by atoms with Gasteiger partial charge in [0, 0.05) is 56.3 Å². The van der Waals surface area contributed by atoms with Crippen molar-refractivity contribution >= 4 is 29.2 Å². The fourth-order valence-electron chi connectivity index (χ4n) is 10.1. The number of hydrogen-bond acceptors (Lipinski definition) is 13. The molecule has 1 amide bonds. The van der Waals surface area contributed by atoms with Crippen LogP contribution in [0.2, 0.25) is 0 Å². The lowest BCUT2D eigenvalue weighted by Crippen LogP contribution is -2.61. The minimum atomic E-state index is -2.45. The second-order valence-electron chi connectivity index (χ2n) is 19.6. The summed E-state index contributed by atoms with van der Waals surface area (Å²) in [6.07, 6.45) is 10.4. The number of ketones is 3. The highest BCUT2D eigenvalue weighted by molar-refractivity contribution is 6.39. The lowest BCUT2D eigenvalue weighted by molar-refractivity contribution is -0.265. The Morgan fingerprint density at radius 2 is 1.64 bits per heavy atom. The fraction of sp³-hybridized carbons (Fsp3) is 0.740. The molecule has 2 bridgehead atoms. The van der Waals surface area contributed by atoms with Gasteiger partial charge in [0.1, 0.15) is 30.1 Å². The van der Waals surface area contributed by atoms with Crippen molar-refractivity contribution in [2.45, 2.75) is 180 Å². The molecule has 15 atom stereocenters. The van der Waals surface area contributed by atoms with Crippen LogP contribution in [0.5, 0.6) is 0 Å². The standard InChI is InChI=1S/C50H76N4O12/c1-29-15-11-10-12-16-30(2)41(63-8)27-37-20-18-35(7)50(62,66-37)47(59)48(60)54-22-14-13-17-39(54)49(61)65-42(32(4)25-36-19-21-38(52-53-51)43(26-36)64-9)28-40(55)31(3)24-34(6)45(57)46(58)44(56)33(5)23-29/h10-12,15-16,24,29,31-33,35-39,41-43,45-46,57-58,62H,13-14,17-23,25-28H2,1-9H3/b12-10+,15-11+,30-16+,34-24+/t29-,31-,32-,33-,35-,36+,37+,38?,39+,41+,42+,43-,45-,46+,50-/m1/s1. The number of azide groups is 1. The Morgan fingerprint density at radius 1 is 0.909 bits per heavy atom. The number of allylic oxidation sites excluding steroid dienone is 6. The van der Waals surface area contributed by atoms with Crippen molar-refractivity contribution in [3.8, 4) is 0 Å². The molecular weight excluding hydrogens is 849 g/mol. The maximum absolute atomic E-state index is 14.4. The largest absolute Gasteiger partial charge is 0.460 e. The number of rotatable bonds is 6. The van der Waals surface area contributed by atoms with E-state index in [0.717, 1.165) is 5.57 Å². The van der Waals surface area contributed by atoms with Crippen LogP contribution < -0.4 is 0 Å². The van der Waals surface area contributed by atoms with Gasteiger partial charge < -0.3 is 39.2 Å². The van der Waals surface area contributed by atoms with Crippen molar-refractivity contribution in [2.75, 3.05) is 20.8 Å². The molecule has 3 N–H and O–H groups in total. The number of methoxy groups -OCH3 is 2. The van der Waals surface area contributed by atoms with E-state index in [0.29, 0.717) is 64.2 Å². The van der Waals surface area contributed by atoms with E-state index in [-0.39, 0.29) is 60.6 Å². The first-order valence-corrected chi connectivity index (χ1v) is 23.9. The van der Waals surface area contributed by atoms with Crippen molar-refractivity contribution in [1.82, 2.24) is 4.90 Å². The van der Waals surface area contributed by atoms with Gasteiger partial charge in [0.05, 0.1) is 24.4 Å². The van der Waals surface area contributed by atoms with Gasteiger partial charge in [0.2, 0.25) is 5.79 Å². The molecule has 0 aromatic heterocycles. The summed E-state index contributed by atoms with van der Waals surface area (Å²) in [5.74, 6) is -8.72. The van der Waals surface area contributed by atoms with E-state index in [1.807, 2.05) is 51.2 Å². The summed E-state index contributed by atoms with van der Waals surface area (Å²) >= 11 is 0. The molecule has 0 radical (unpaired) electrons. The number of Topliss-reactive ketones (excluding diaryl/α,β-unsaturated/α-hetero) is 3. The lowest BCUT2D eigenvalue weighted by Gasteiger charge is -2.42.